The Morgan fingerprint density at radius 2 is 0.922 bits per heavy atom. The molecule has 0 bridgehead atoms. The molecule has 6 nitrogen and oxygen atoms in total. The minimum Gasteiger partial charge on any atom is -0.308 e. The summed E-state index contributed by atoms with van der Waals surface area (Å²) in [6.07, 6.45) is 0. The van der Waals surface area contributed by atoms with Crippen LogP contribution in [0.5, 0.6) is 0 Å². The third-order valence-corrected chi connectivity index (χ3v) is 12.2. The molecule has 0 fully saturated rings. The Morgan fingerprint density at radius 3 is 1.44 bits per heavy atom. The summed E-state index contributed by atoms with van der Waals surface area (Å²) in [6, 6.07) is 69.5. The minimum absolute atomic E-state index is 0.312. The van der Waals surface area contributed by atoms with Gasteiger partial charge in [0.25, 0.3) is 11.8 Å². The number of amides is 2. The molecule has 0 saturated carbocycles. The number of carbonyl (C=O) groups excluding carboxylic acids is 2. The molecule has 10 aromatic rings. The van der Waals surface area contributed by atoms with Gasteiger partial charge < -0.3 is 4.57 Å². The molecule has 0 spiro atoms. The van der Waals surface area contributed by atoms with Gasteiger partial charge in [0.15, 0.2) is 5.69 Å². The number of nitriles is 1. The van der Waals surface area contributed by atoms with Crippen LogP contribution in [0, 0.1) is 17.9 Å². The van der Waals surface area contributed by atoms with Crippen LogP contribution in [0.15, 0.2) is 206 Å². The highest BCUT2D eigenvalue weighted by atomic mass is 16.2. The maximum atomic E-state index is 15.7. The highest BCUT2D eigenvalue weighted by Gasteiger charge is 2.42. The standard InChI is InChI=1S/C58H34N4O2/c1-60-46-28-24-40(25-29-46)44-27-31-48-47-30-26-43(39-22-20-37(36-59)21-23-39)34-53(47)61(54(48)35-44)52-19-11-18-49-55(52)58(64)62(57(49)63)56-50(41-14-7-3-8-15-41)32-45(38-12-5-2-6-13-38)33-51(56)42-16-9-4-10-17-42/h2-35H. The van der Waals surface area contributed by atoms with Gasteiger partial charge in [-0.1, -0.05) is 158 Å². The third-order valence-electron chi connectivity index (χ3n) is 12.2. The van der Waals surface area contributed by atoms with Crippen LogP contribution in [0.1, 0.15) is 26.3 Å². The fourth-order valence-electron chi connectivity index (χ4n) is 9.11. The van der Waals surface area contributed by atoms with Gasteiger partial charge in [0, 0.05) is 21.9 Å². The van der Waals surface area contributed by atoms with Crippen molar-refractivity contribution in [3.05, 3.63) is 234 Å². The van der Waals surface area contributed by atoms with Crippen molar-refractivity contribution in [1.82, 2.24) is 4.57 Å². The van der Waals surface area contributed by atoms with Crippen LogP contribution in [0.25, 0.3) is 88.0 Å². The van der Waals surface area contributed by atoms with Crippen molar-refractivity contribution >= 4 is 45.0 Å². The van der Waals surface area contributed by atoms with E-state index in [0.717, 1.165) is 77.4 Å². The van der Waals surface area contributed by atoms with Crippen molar-refractivity contribution in [2.45, 2.75) is 0 Å². The topological polar surface area (TPSA) is 70.5 Å². The first-order chi connectivity index (χ1) is 31.5. The average Bonchev–Trinajstić information content (AvgIpc) is 3.83. The number of rotatable bonds is 7. The lowest BCUT2D eigenvalue weighted by Gasteiger charge is -2.24. The maximum Gasteiger partial charge on any atom is 0.268 e. The van der Waals surface area contributed by atoms with Gasteiger partial charge in [-0.25, -0.2) is 9.74 Å². The molecular formula is C58H34N4O2. The molecule has 0 radical (unpaired) electrons. The fourth-order valence-corrected chi connectivity index (χ4v) is 9.11. The molecule has 64 heavy (non-hydrogen) atoms. The van der Waals surface area contributed by atoms with Crippen molar-refractivity contribution in [3.8, 4) is 67.4 Å². The number of nitrogens with zero attached hydrogens (tertiary/aromatic N) is 4. The van der Waals surface area contributed by atoms with Crippen LogP contribution >= 0.6 is 0 Å². The first-order valence-electron chi connectivity index (χ1n) is 20.9. The van der Waals surface area contributed by atoms with Crippen molar-refractivity contribution < 1.29 is 9.59 Å². The van der Waals surface area contributed by atoms with E-state index in [1.807, 2.05) is 140 Å². The average molecular weight is 819 g/mol. The zero-order chi connectivity index (χ0) is 43.3. The van der Waals surface area contributed by atoms with Gasteiger partial charge in [0.1, 0.15) is 0 Å². The lowest BCUT2D eigenvalue weighted by molar-refractivity contribution is 0.0926. The van der Waals surface area contributed by atoms with Crippen molar-refractivity contribution in [2.75, 3.05) is 4.90 Å². The second-order valence-corrected chi connectivity index (χ2v) is 15.8. The normalized spacial score (nSPS) is 12.1. The molecule has 298 valence electrons. The lowest BCUT2D eigenvalue weighted by atomic mass is 9.90. The Hall–Kier alpha value is -9.10. The number of hydrogen-bond donors (Lipinski definition) is 0. The van der Waals surface area contributed by atoms with Gasteiger partial charge >= 0.3 is 0 Å². The Balaban J connectivity index is 1.16. The number of benzene rings is 9. The SMILES string of the molecule is [C-]#[N+]c1ccc(-c2ccc3c4ccc(-c5ccc(C#N)cc5)cc4n(-c4cccc5c4C(=O)N(c4c(-c6ccccc6)cc(-c6ccccc6)cc4-c4ccccc4)C5=O)c3c2)cc1. The second-order valence-electron chi connectivity index (χ2n) is 15.8. The molecule has 1 aromatic heterocycles. The summed E-state index contributed by atoms with van der Waals surface area (Å²) in [6.45, 7) is 7.48. The predicted octanol–water partition coefficient (Wildman–Crippen LogP) is 14.3. The second kappa shape index (κ2) is 15.4. The summed E-state index contributed by atoms with van der Waals surface area (Å²) in [4.78, 5) is 35.8. The summed E-state index contributed by atoms with van der Waals surface area (Å²) in [7, 11) is 0. The summed E-state index contributed by atoms with van der Waals surface area (Å²) in [5.74, 6) is -0.815. The summed E-state index contributed by atoms with van der Waals surface area (Å²) in [5.41, 5.74) is 13.6. The van der Waals surface area contributed by atoms with E-state index >= 15 is 9.59 Å². The van der Waals surface area contributed by atoms with E-state index in [2.05, 4.69) is 76.1 Å². The number of anilines is 1. The first-order valence-corrected chi connectivity index (χ1v) is 20.9. The van der Waals surface area contributed by atoms with E-state index in [4.69, 9.17) is 6.57 Å². The van der Waals surface area contributed by atoms with E-state index in [0.29, 0.717) is 33.8 Å². The van der Waals surface area contributed by atoms with Crippen LogP contribution in [0.4, 0.5) is 11.4 Å². The number of aromatic nitrogens is 1. The molecule has 11 rings (SSSR count). The van der Waals surface area contributed by atoms with Crippen LogP contribution in [0.3, 0.4) is 0 Å². The molecule has 0 unspecified atom stereocenters. The smallest absolute Gasteiger partial charge is 0.268 e. The monoisotopic (exact) mass is 818 g/mol. The molecule has 9 aromatic carbocycles. The zero-order valence-electron chi connectivity index (χ0n) is 34.2. The van der Waals surface area contributed by atoms with Gasteiger partial charge in [0.05, 0.1) is 51.7 Å². The Morgan fingerprint density at radius 1 is 0.438 bits per heavy atom. The number of fused-ring (bicyclic) bond motifs is 4. The van der Waals surface area contributed by atoms with Gasteiger partial charge in [-0.2, -0.15) is 5.26 Å². The number of imide groups is 1. The van der Waals surface area contributed by atoms with Crippen LogP contribution in [-0.2, 0) is 0 Å². The highest BCUT2D eigenvalue weighted by Crippen LogP contribution is 2.47. The Kier molecular flexibility index (Phi) is 9.12. The summed E-state index contributed by atoms with van der Waals surface area (Å²) < 4.78 is 2.11. The summed E-state index contributed by atoms with van der Waals surface area (Å²) >= 11 is 0. The molecule has 6 heteroatoms. The van der Waals surface area contributed by atoms with Gasteiger partial charge in [0.2, 0.25) is 0 Å². The van der Waals surface area contributed by atoms with Gasteiger partial charge in [-0.15, -0.1) is 0 Å². The first kappa shape index (κ1) is 37.9. The molecule has 2 heterocycles. The highest BCUT2D eigenvalue weighted by molar-refractivity contribution is 6.37. The summed E-state index contributed by atoms with van der Waals surface area (Å²) in [5, 5.41) is 11.5. The molecule has 1 aliphatic rings. The van der Waals surface area contributed by atoms with Crippen molar-refractivity contribution in [2.24, 2.45) is 0 Å². The van der Waals surface area contributed by atoms with Gasteiger partial charge in [-0.3, -0.25) is 9.59 Å². The Bertz CT molecular complexity index is 3410. The van der Waals surface area contributed by atoms with Crippen LogP contribution < -0.4 is 4.90 Å². The maximum absolute atomic E-state index is 15.7. The molecule has 1 aliphatic heterocycles. The van der Waals surface area contributed by atoms with Crippen LogP contribution in [-0.4, -0.2) is 16.4 Å². The largest absolute Gasteiger partial charge is 0.308 e. The van der Waals surface area contributed by atoms with E-state index in [1.54, 1.807) is 6.07 Å². The van der Waals surface area contributed by atoms with E-state index in [1.165, 1.54) is 4.90 Å². The minimum atomic E-state index is -0.415. The van der Waals surface area contributed by atoms with Crippen molar-refractivity contribution in [1.29, 1.82) is 5.26 Å². The number of carbonyl (C=O) groups is 2. The van der Waals surface area contributed by atoms with E-state index in [-0.39, 0.29) is 0 Å². The van der Waals surface area contributed by atoms with Crippen LogP contribution in [0.2, 0.25) is 0 Å². The predicted molar refractivity (Wildman–Crippen MR) is 257 cm³/mol. The third kappa shape index (κ3) is 6.26. The number of hydrogen-bond acceptors (Lipinski definition) is 3. The Labute approximate surface area is 369 Å². The quantitative estimate of drug-likeness (QED) is 0.119. The molecule has 0 saturated heterocycles. The molecule has 0 aliphatic carbocycles. The van der Waals surface area contributed by atoms with Crippen molar-refractivity contribution in [3.63, 3.8) is 0 Å². The molecule has 0 N–H and O–H groups in total. The molecular weight excluding hydrogens is 785 g/mol. The lowest BCUT2D eigenvalue weighted by Crippen LogP contribution is -2.30. The molecule has 0 atom stereocenters. The van der Waals surface area contributed by atoms with E-state index < -0.39 is 11.8 Å². The zero-order valence-corrected chi connectivity index (χ0v) is 34.2. The van der Waals surface area contributed by atoms with Gasteiger partial charge in [-0.05, 0) is 93.0 Å². The fraction of sp³-hybridized carbons (Fsp3) is 0. The van der Waals surface area contributed by atoms with E-state index in [9.17, 15) is 5.26 Å². The molecule has 2 amide bonds.